The maximum Gasteiger partial charge on any atom is 0.136 e. The van der Waals surface area contributed by atoms with Crippen molar-refractivity contribution in [1.82, 2.24) is 0 Å². The molecule has 8 aromatic rings. The lowest BCUT2D eigenvalue weighted by atomic mass is 9.85. The van der Waals surface area contributed by atoms with Gasteiger partial charge in [0.05, 0.1) is 32.9 Å². The summed E-state index contributed by atoms with van der Waals surface area (Å²) in [7, 11) is 0. The minimum absolute atomic E-state index is 0.337. The molecule has 0 amide bonds. The zero-order chi connectivity index (χ0) is 46.6. The van der Waals surface area contributed by atoms with Crippen molar-refractivity contribution in [2.24, 2.45) is 0 Å². The summed E-state index contributed by atoms with van der Waals surface area (Å²) in [6, 6.07) is -21.3. The number of hydrogen-bond acceptors (Lipinski definition) is 1. The fourth-order valence-electron chi connectivity index (χ4n) is 4.52. The van der Waals surface area contributed by atoms with Crippen molar-refractivity contribution >= 4 is 43.5 Å². The summed E-state index contributed by atoms with van der Waals surface area (Å²) in [5.74, 6) is 0. The van der Waals surface area contributed by atoms with Crippen LogP contribution in [0.5, 0.6) is 0 Å². The predicted octanol–water partition coefficient (Wildman–Crippen LogP) is 10.9. The Bertz CT molecular complexity index is 3390. The van der Waals surface area contributed by atoms with E-state index >= 15 is 0 Å². The highest BCUT2D eigenvalue weighted by atomic mass is 16.3. The van der Waals surface area contributed by atoms with Gasteiger partial charge in [-0.15, -0.1) is 0 Å². The Morgan fingerprint density at radius 3 is 1.51 bits per heavy atom. The van der Waals surface area contributed by atoms with Crippen molar-refractivity contribution in [3.63, 3.8) is 0 Å². The molecule has 0 saturated carbocycles. The number of para-hydroxylation sites is 1. The Balaban J connectivity index is 1.67. The Hall–Kier alpha value is -5.14. The van der Waals surface area contributed by atoms with Crippen molar-refractivity contribution in [1.29, 1.82) is 0 Å². The molecule has 1 aromatic heterocycles. The largest absolute Gasteiger partial charge is 0.456 e. The van der Waals surface area contributed by atoms with Crippen LogP contribution in [-0.4, -0.2) is 0 Å². The second kappa shape index (κ2) is 8.72. The van der Waals surface area contributed by atoms with E-state index in [9.17, 15) is 6.85 Å². The van der Waals surface area contributed by atoms with Gasteiger partial charge in [0.25, 0.3) is 0 Å². The molecule has 0 fully saturated rings. The SMILES string of the molecule is [2H]c1c([2H])c([2H])c(-c2c3c([2H])c([2H])c([2H])c([2H])c3c(-c3c([2H])c([2H])c([2H])c(-c4c([2H])c([2H])c5c(oc6c([2H])c([2H])c([2H])c([2H])c65)c4[2H])c3[2H])c3c([2H])c([2H])c([2H])c([2H])c23)c([2H])c1[2H]. The molecular weight excluding hydrogens is 472 g/mol. The Labute approximate surface area is 260 Å². The van der Waals surface area contributed by atoms with E-state index in [4.69, 9.17) is 30.5 Å². The van der Waals surface area contributed by atoms with E-state index in [0.29, 0.717) is 0 Å². The van der Waals surface area contributed by atoms with E-state index in [1.165, 1.54) is 0 Å². The van der Waals surface area contributed by atoms with Crippen LogP contribution in [0.15, 0.2) is 149 Å². The summed E-state index contributed by atoms with van der Waals surface area (Å²) < 4.78 is 217. The van der Waals surface area contributed by atoms with Crippen LogP contribution in [0.4, 0.5) is 0 Å². The second-order valence-corrected chi connectivity index (χ2v) is 8.26. The lowest BCUT2D eigenvalue weighted by Gasteiger charge is -2.18. The van der Waals surface area contributed by atoms with Crippen molar-refractivity contribution < 1.29 is 37.3 Å². The molecule has 0 spiro atoms. The van der Waals surface area contributed by atoms with Gasteiger partial charge in [-0.25, -0.2) is 0 Å². The van der Waals surface area contributed by atoms with E-state index in [0.717, 1.165) is 0 Å². The molecule has 0 aliphatic carbocycles. The number of fused-ring (bicyclic) bond motifs is 5. The highest BCUT2D eigenvalue weighted by molar-refractivity contribution is 6.21. The standard InChI is InChI=1S/C38H24O/c1-2-11-25(12-3-1)37-31-16-4-6-18-33(31)38(34-19-7-5-17-32(34)37)28-14-10-13-26(23-28)27-21-22-30-29-15-8-9-20-35(29)39-36(30)24-27/h1-24H/i1D,2D,3D,4D,5D,6D,7D,8D,9D,10D,11D,12D,13D,14D,15D,16D,17D,18D,19D,20D,21D,22D,23D,24D. The third kappa shape index (κ3) is 3.48. The van der Waals surface area contributed by atoms with Crippen LogP contribution >= 0.6 is 0 Å². The number of furan rings is 1. The molecule has 0 N–H and O–H groups in total. The molecule has 8 rings (SSSR count). The van der Waals surface area contributed by atoms with E-state index < -0.39 is 211 Å². The van der Waals surface area contributed by atoms with Gasteiger partial charge in [-0.3, -0.25) is 0 Å². The number of benzene rings is 7. The van der Waals surface area contributed by atoms with Crippen LogP contribution in [-0.2, 0) is 0 Å². The molecule has 39 heavy (non-hydrogen) atoms. The average molecular weight is 521 g/mol. The Morgan fingerprint density at radius 2 is 0.821 bits per heavy atom. The van der Waals surface area contributed by atoms with Crippen LogP contribution < -0.4 is 0 Å². The normalized spacial score (nSPS) is 20.2. The van der Waals surface area contributed by atoms with Crippen molar-refractivity contribution in [2.45, 2.75) is 0 Å². The van der Waals surface area contributed by atoms with Gasteiger partial charge >= 0.3 is 0 Å². The molecule has 1 heteroatoms. The molecule has 0 aliphatic heterocycles. The van der Waals surface area contributed by atoms with Crippen LogP contribution in [0.1, 0.15) is 32.9 Å². The summed E-state index contributed by atoms with van der Waals surface area (Å²) in [6.07, 6.45) is 0. The molecule has 182 valence electrons. The zero-order valence-electron chi connectivity index (χ0n) is 43.4. The van der Waals surface area contributed by atoms with Crippen molar-refractivity contribution in [2.75, 3.05) is 0 Å². The lowest BCUT2D eigenvalue weighted by Crippen LogP contribution is -1.91. The van der Waals surface area contributed by atoms with Gasteiger partial charge in [-0.2, -0.15) is 0 Å². The minimum atomic E-state index is -1.02. The Morgan fingerprint density at radius 1 is 0.333 bits per heavy atom. The van der Waals surface area contributed by atoms with E-state index in [2.05, 4.69) is 0 Å². The minimum Gasteiger partial charge on any atom is -0.456 e. The molecule has 0 atom stereocenters. The fourth-order valence-corrected chi connectivity index (χ4v) is 4.52. The molecule has 0 saturated heterocycles. The van der Waals surface area contributed by atoms with E-state index in [-0.39, 0.29) is 10.8 Å². The third-order valence-corrected chi connectivity index (χ3v) is 6.14. The van der Waals surface area contributed by atoms with Crippen LogP contribution in [0.2, 0.25) is 0 Å². The molecule has 0 bridgehead atoms. The summed E-state index contributed by atoms with van der Waals surface area (Å²) in [5, 5.41) is -3.46. The van der Waals surface area contributed by atoms with Crippen LogP contribution in [0, 0.1) is 0 Å². The van der Waals surface area contributed by atoms with Crippen LogP contribution in [0.3, 0.4) is 0 Å². The molecule has 7 aromatic carbocycles. The van der Waals surface area contributed by atoms with E-state index in [1.807, 2.05) is 0 Å². The first-order valence-corrected chi connectivity index (χ1v) is 11.4. The highest BCUT2D eigenvalue weighted by Gasteiger charge is 2.17. The average Bonchev–Trinajstić information content (AvgIpc) is 3.67. The quantitative estimate of drug-likeness (QED) is 0.211. The van der Waals surface area contributed by atoms with Crippen molar-refractivity contribution in [3.05, 3.63) is 145 Å². The molecule has 0 unspecified atom stereocenters. The van der Waals surface area contributed by atoms with E-state index in [1.54, 1.807) is 0 Å². The zero-order valence-corrected chi connectivity index (χ0v) is 19.4. The summed E-state index contributed by atoms with van der Waals surface area (Å²) >= 11 is 0. The fraction of sp³-hybridized carbons (Fsp3) is 0. The van der Waals surface area contributed by atoms with Gasteiger partial charge in [0, 0.05) is 10.8 Å². The topological polar surface area (TPSA) is 13.1 Å². The molecule has 0 radical (unpaired) electrons. The number of rotatable bonds is 3. The third-order valence-electron chi connectivity index (χ3n) is 6.14. The first-order chi connectivity index (χ1) is 29.3. The van der Waals surface area contributed by atoms with Gasteiger partial charge in [0.15, 0.2) is 0 Å². The maximum atomic E-state index is 9.65. The predicted molar refractivity (Wildman–Crippen MR) is 165 cm³/mol. The van der Waals surface area contributed by atoms with Gasteiger partial charge in [0.2, 0.25) is 0 Å². The second-order valence-electron chi connectivity index (χ2n) is 8.26. The maximum absolute atomic E-state index is 9.65. The first kappa shape index (κ1) is 8.69. The van der Waals surface area contributed by atoms with Gasteiger partial charge in [-0.1, -0.05) is 121 Å². The summed E-state index contributed by atoms with van der Waals surface area (Å²) in [6.45, 7) is 0. The molecule has 1 heterocycles. The monoisotopic (exact) mass is 520 g/mol. The Kier molecular flexibility index (Phi) is 1.94. The first-order valence-electron chi connectivity index (χ1n) is 23.4. The summed E-state index contributed by atoms with van der Waals surface area (Å²) in [5.41, 5.74) is -5.48. The van der Waals surface area contributed by atoms with Crippen molar-refractivity contribution in [3.8, 4) is 33.4 Å². The molecule has 1 nitrogen and oxygen atoms in total. The van der Waals surface area contributed by atoms with Gasteiger partial charge in [0.1, 0.15) is 11.2 Å². The smallest absolute Gasteiger partial charge is 0.136 e. The molecular formula is C38H24O. The van der Waals surface area contributed by atoms with Gasteiger partial charge in [-0.05, 0) is 79.1 Å². The lowest BCUT2D eigenvalue weighted by molar-refractivity contribution is 0.669. The van der Waals surface area contributed by atoms with Gasteiger partial charge < -0.3 is 4.42 Å². The molecule has 0 aliphatic rings. The summed E-state index contributed by atoms with van der Waals surface area (Å²) in [4.78, 5) is 0. The highest BCUT2D eigenvalue weighted by Crippen LogP contribution is 2.44. The van der Waals surface area contributed by atoms with Crippen LogP contribution in [0.25, 0.3) is 76.9 Å². The number of hydrogen-bond donors (Lipinski definition) is 0.